The molecule has 23 heavy (non-hydrogen) atoms. The SMILES string of the molecule is CCOC(=O)N1CCC(n2c(=O)n(C)c3ccc(C)cc32)CC1. The number of imidazole rings is 1. The highest BCUT2D eigenvalue weighted by Gasteiger charge is 2.27. The summed E-state index contributed by atoms with van der Waals surface area (Å²) in [5.74, 6) is 0. The number of fused-ring (bicyclic) bond motifs is 1. The van der Waals surface area contributed by atoms with Crippen LogP contribution in [0.5, 0.6) is 0 Å². The van der Waals surface area contributed by atoms with Gasteiger partial charge in [0.25, 0.3) is 0 Å². The van der Waals surface area contributed by atoms with E-state index in [1.54, 1.807) is 9.47 Å². The van der Waals surface area contributed by atoms with Crippen molar-refractivity contribution in [1.29, 1.82) is 0 Å². The number of carbonyl (C=O) groups is 1. The summed E-state index contributed by atoms with van der Waals surface area (Å²) in [7, 11) is 1.81. The van der Waals surface area contributed by atoms with Gasteiger partial charge in [-0.15, -0.1) is 0 Å². The minimum Gasteiger partial charge on any atom is -0.450 e. The van der Waals surface area contributed by atoms with Gasteiger partial charge in [0, 0.05) is 26.2 Å². The summed E-state index contributed by atoms with van der Waals surface area (Å²) < 4.78 is 8.65. The fraction of sp³-hybridized carbons (Fsp3) is 0.529. The van der Waals surface area contributed by atoms with Crippen molar-refractivity contribution < 1.29 is 9.53 Å². The van der Waals surface area contributed by atoms with Crippen molar-refractivity contribution in [2.75, 3.05) is 19.7 Å². The van der Waals surface area contributed by atoms with Gasteiger partial charge in [-0.25, -0.2) is 9.59 Å². The average molecular weight is 317 g/mol. The predicted molar refractivity (Wildman–Crippen MR) is 88.8 cm³/mol. The van der Waals surface area contributed by atoms with E-state index in [9.17, 15) is 9.59 Å². The minimum atomic E-state index is -0.257. The van der Waals surface area contributed by atoms with Gasteiger partial charge < -0.3 is 9.64 Å². The van der Waals surface area contributed by atoms with E-state index < -0.39 is 0 Å². The molecule has 124 valence electrons. The van der Waals surface area contributed by atoms with Crippen LogP contribution in [0.1, 0.15) is 31.4 Å². The van der Waals surface area contributed by atoms with Crippen LogP contribution in [0.3, 0.4) is 0 Å². The van der Waals surface area contributed by atoms with Crippen LogP contribution < -0.4 is 5.69 Å². The third-order valence-corrected chi connectivity index (χ3v) is 4.60. The number of hydrogen-bond acceptors (Lipinski definition) is 3. The molecule has 0 unspecified atom stereocenters. The maximum atomic E-state index is 12.6. The fourth-order valence-corrected chi connectivity index (χ4v) is 3.35. The molecule has 0 N–H and O–H groups in total. The molecule has 0 bridgehead atoms. The fourth-order valence-electron chi connectivity index (χ4n) is 3.35. The first-order chi connectivity index (χ1) is 11.0. The Kier molecular flexibility index (Phi) is 4.15. The van der Waals surface area contributed by atoms with Crippen LogP contribution in [0.2, 0.25) is 0 Å². The van der Waals surface area contributed by atoms with Gasteiger partial charge in [-0.3, -0.25) is 9.13 Å². The van der Waals surface area contributed by atoms with Crippen molar-refractivity contribution in [2.45, 2.75) is 32.7 Å². The minimum absolute atomic E-state index is 0.0141. The lowest BCUT2D eigenvalue weighted by Crippen LogP contribution is -2.41. The van der Waals surface area contributed by atoms with Crippen LogP contribution in [0.25, 0.3) is 11.0 Å². The van der Waals surface area contributed by atoms with Crippen molar-refractivity contribution in [3.8, 4) is 0 Å². The zero-order valence-electron chi connectivity index (χ0n) is 13.9. The van der Waals surface area contributed by atoms with Gasteiger partial charge in [-0.1, -0.05) is 6.07 Å². The lowest BCUT2D eigenvalue weighted by Gasteiger charge is -2.31. The molecule has 0 atom stereocenters. The topological polar surface area (TPSA) is 56.5 Å². The summed E-state index contributed by atoms with van der Waals surface area (Å²) in [5, 5.41) is 0. The standard InChI is InChI=1S/C17H23N3O3/c1-4-23-17(22)19-9-7-13(8-10-19)20-15-11-12(2)5-6-14(15)18(3)16(20)21/h5-6,11,13H,4,7-10H2,1-3H3. The average Bonchev–Trinajstić information content (AvgIpc) is 2.79. The van der Waals surface area contributed by atoms with Gasteiger partial charge in [-0.05, 0) is 44.4 Å². The van der Waals surface area contributed by atoms with Crippen molar-refractivity contribution in [2.24, 2.45) is 7.05 Å². The van der Waals surface area contributed by atoms with E-state index in [2.05, 4.69) is 6.07 Å². The number of aryl methyl sites for hydroxylation is 2. The number of piperidine rings is 1. The van der Waals surface area contributed by atoms with Gasteiger partial charge in [0.05, 0.1) is 17.6 Å². The monoisotopic (exact) mass is 317 g/mol. The Hall–Kier alpha value is -2.24. The molecular weight excluding hydrogens is 294 g/mol. The summed E-state index contributed by atoms with van der Waals surface area (Å²) in [5.41, 5.74) is 3.08. The van der Waals surface area contributed by atoms with E-state index in [-0.39, 0.29) is 17.8 Å². The molecule has 0 spiro atoms. The molecule has 6 nitrogen and oxygen atoms in total. The molecule has 2 heterocycles. The van der Waals surface area contributed by atoms with Gasteiger partial charge >= 0.3 is 11.8 Å². The van der Waals surface area contributed by atoms with Crippen molar-refractivity contribution >= 4 is 17.1 Å². The molecule has 3 rings (SSSR count). The molecule has 1 aliphatic rings. The van der Waals surface area contributed by atoms with Crippen LogP contribution in [0, 0.1) is 6.92 Å². The highest BCUT2D eigenvalue weighted by Crippen LogP contribution is 2.26. The number of likely N-dealkylation sites (tertiary alicyclic amines) is 1. The van der Waals surface area contributed by atoms with Gasteiger partial charge in [0.15, 0.2) is 0 Å². The van der Waals surface area contributed by atoms with Crippen LogP contribution in [0.4, 0.5) is 4.79 Å². The molecule has 1 saturated heterocycles. The van der Waals surface area contributed by atoms with Gasteiger partial charge in [0.1, 0.15) is 0 Å². The summed E-state index contributed by atoms with van der Waals surface area (Å²) >= 11 is 0. The van der Waals surface area contributed by atoms with Gasteiger partial charge in [-0.2, -0.15) is 0 Å². The molecule has 1 fully saturated rings. The summed E-state index contributed by atoms with van der Waals surface area (Å²) in [6.45, 7) is 5.48. The Morgan fingerprint density at radius 1 is 1.26 bits per heavy atom. The van der Waals surface area contributed by atoms with Crippen LogP contribution in [-0.2, 0) is 11.8 Å². The van der Waals surface area contributed by atoms with Gasteiger partial charge in [0.2, 0.25) is 0 Å². The number of carbonyl (C=O) groups excluding carboxylic acids is 1. The Morgan fingerprint density at radius 2 is 1.96 bits per heavy atom. The summed E-state index contributed by atoms with van der Waals surface area (Å²) in [6.07, 6.45) is 1.28. The number of ether oxygens (including phenoxy) is 1. The van der Waals surface area contributed by atoms with Crippen LogP contribution >= 0.6 is 0 Å². The third-order valence-electron chi connectivity index (χ3n) is 4.60. The highest BCUT2D eigenvalue weighted by molar-refractivity contribution is 5.77. The normalized spacial score (nSPS) is 16.0. The van der Waals surface area contributed by atoms with E-state index in [0.717, 1.165) is 29.4 Å². The van der Waals surface area contributed by atoms with E-state index in [4.69, 9.17) is 4.74 Å². The Balaban J connectivity index is 1.88. The lowest BCUT2D eigenvalue weighted by atomic mass is 10.0. The number of rotatable bonds is 2. The molecule has 1 aliphatic heterocycles. The molecule has 0 aliphatic carbocycles. The number of hydrogen-bond donors (Lipinski definition) is 0. The largest absolute Gasteiger partial charge is 0.450 e. The molecule has 1 aromatic carbocycles. The second kappa shape index (κ2) is 6.10. The van der Waals surface area contributed by atoms with Crippen molar-refractivity contribution in [3.05, 3.63) is 34.2 Å². The van der Waals surface area contributed by atoms with Crippen LogP contribution in [0.15, 0.2) is 23.0 Å². The molecule has 6 heteroatoms. The van der Waals surface area contributed by atoms with E-state index >= 15 is 0 Å². The summed E-state index contributed by atoms with van der Waals surface area (Å²) in [6, 6.07) is 6.21. The lowest BCUT2D eigenvalue weighted by molar-refractivity contribution is 0.0927. The maximum absolute atomic E-state index is 12.6. The number of nitrogens with zero attached hydrogens (tertiary/aromatic N) is 3. The zero-order valence-corrected chi connectivity index (χ0v) is 13.9. The second-order valence-corrected chi connectivity index (χ2v) is 6.12. The first-order valence-corrected chi connectivity index (χ1v) is 8.12. The van der Waals surface area contributed by atoms with Crippen molar-refractivity contribution in [1.82, 2.24) is 14.0 Å². The molecule has 1 amide bonds. The smallest absolute Gasteiger partial charge is 0.409 e. The molecule has 0 saturated carbocycles. The first kappa shape index (κ1) is 15.6. The van der Waals surface area contributed by atoms with Crippen molar-refractivity contribution in [3.63, 3.8) is 0 Å². The second-order valence-electron chi connectivity index (χ2n) is 6.12. The van der Waals surface area contributed by atoms with E-state index in [0.29, 0.717) is 19.7 Å². The molecule has 1 aromatic heterocycles. The molecular formula is C17H23N3O3. The predicted octanol–water partition coefficient (Wildman–Crippen LogP) is 2.44. The Morgan fingerprint density at radius 3 is 2.61 bits per heavy atom. The maximum Gasteiger partial charge on any atom is 0.409 e. The Labute approximate surface area is 135 Å². The number of amides is 1. The first-order valence-electron chi connectivity index (χ1n) is 8.12. The Bertz CT molecular complexity index is 782. The zero-order chi connectivity index (χ0) is 16.6. The molecule has 0 radical (unpaired) electrons. The van der Waals surface area contributed by atoms with E-state index in [1.807, 2.05) is 37.6 Å². The quantitative estimate of drug-likeness (QED) is 0.855. The van der Waals surface area contributed by atoms with E-state index in [1.165, 1.54) is 0 Å². The number of benzene rings is 1. The van der Waals surface area contributed by atoms with Crippen LogP contribution in [-0.4, -0.2) is 39.8 Å². The molecule has 2 aromatic rings. The third kappa shape index (κ3) is 2.73. The number of aromatic nitrogens is 2. The summed E-state index contributed by atoms with van der Waals surface area (Å²) in [4.78, 5) is 26.2. The highest BCUT2D eigenvalue weighted by atomic mass is 16.6.